The minimum atomic E-state index is -0.342. The second-order valence-corrected chi connectivity index (χ2v) is 9.43. The molecule has 2 aliphatic heterocycles. The van der Waals surface area contributed by atoms with Gasteiger partial charge in [-0.1, -0.05) is 17.7 Å². The molecule has 0 spiro atoms. The number of fused-ring (bicyclic) bond motifs is 1. The first kappa shape index (κ1) is 22.9. The summed E-state index contributed by atoms with van der Waals surface area (Å²) in [4.78, 5) is 21.2. The van der Waals surface area contributed by atoms with Crippen LogP contribution < -0.4 is 4.90 Å². The maximum Gasteiger partial charge on any atom is 0.132 e. The lowest BCUT2D eigenvalue weighted by Crippen LogP contribution is -2.48. The monoisotopic (exact) mass is 478 g/mol. The molecule has 0 saturated carbocycles. The maximum atomic E-state index is 14.5. The van der Waals surface area contributed by atoms with E-state index in [4.69, 9.17) is 16.6 Å². The first-order chi connectivity index (χ1) is 16.5. The summed E-state index contributed by atoms with van der Waals surface area (Å²) in [5, 5.41) is 0.479. The van der Waals surface area contributed by atoms with Gasteiger partial charge in [0.1, 0.15) is 5.82 Å². The Morgan fingerprint density at radius 1 is 1.03 bits per heavy atom. The lowest BCUT2D eigenvalue weighted by molar-refractivity contribution is 0.229. The molecule has 34 heavy (non-hydrogen) atoms. The number of anilines is 1. The summed E-state index contributed by atoms with van der Waals surface area (Å²) in [6.07, 6.45) is 3.91. The Hall–Kier alpha value is -2.87. The summed E-state index contributed by atoms with van der Waals surface area (Å²) in [7, 11) is 4.22. The quantitative estimate of drug-likeness (QED) is 0.536. The van der Waals surface area contributed by atoms with E-state index < -0.39 is 0 Å². The molecular weight excluding hydrogens is 451 g/mol. The lowest BCUT2D eigenvalue weighted by Gasteiger charge is -2.36. The SMILES string of the molecule is CN(C)CCN1CCN(c2cnc3ccc(C4=CCN=C4c4cc(Cl)ccc4F)nc3c2)CC1. The molecule has 2 aromatic heterocycles. The van der Waals surface area contributed by atoms with Gasteiger partial charge >= 0.3 is 0 Å². The molecule has 0 bridgehead atoms. The number of aliphatic imine (C=N–C) groups is 1. The van der Waals surface area contributed by atoms with Crippen molar-refractivity contribution in [3.05, 3.63) is 70.8 Å². The summed E-state index contributed by atoms with van der Waals surface area (Å²) < 4.78 is 14.5. The zero-order valence-corrected chi connectivity index (χ0v) is 20.3. The number of benzene rings is 1. The van der Waals surface area contributed by atoms with Gasteiger partial charge in [0, 0.05) is 55.4 Å². The second kappa shape index (κ2) is 9.78. The number of pyridine rings is 2. The van der Waals surface area contributed by atoms with Crippen LogP contribution in [-0.4, -0.2) is 85.4 Å². The number of piperazine rings is 1. The van der Waals surface area contributed by atoms with Crippen LogP contribution in [0.15, 0.2) is 53.7 Å². The van der Waals surface area contributed by atoms with Gasteiger partial charge in [-0.2, -0.15) is 0 Å². The van der Waals surface area contributed by atoms with Crippen LogP contribution in [0, 0.1) is 5.82 Å². The fourth-order valence-corrected chi connectivity index (χ4v) is 4.61. The van der Waals surface area contributed by atoms with Gasteiger partial charge in [0.05, 0.1) is 40.9 Å². The topological polar surface area (TPSA) is 47.9 Å². The van der Waals surface area contributed by atoms with Crippen LogP contribution in [-0.2, 0) is 0 Å². The highest BCUT2D eigenvalue weighted by Crippen LogP contribution is 2.28. The number of likely N-dealkylation sites (N-methyl/N-ethyl adjacent to an activating group) is 1. The fourth-order valence-electron chi connectivity index (χ4n) is 4.44. The molecule has 0 unspecified atom stereocenters. The van der Waals surface area contributed by atoms with Crippen molar-refractivity contribution in [1.82, 2.24) is 19.8 Å². The molecule has 5 rings (SSSR count). The number of halogens is 2. The van der Waals surface area contributed by atoms with E-state index in [1.54, 1.807) is 12.1 Å². The van der Waals surface area contributed by atoms with Crippen molar-refractivity contribution in [3.8, 4) is 0 Å². The van der Waals surface area contributed by atoms with Gasteiger partial charge in [0.15, 0.2) is 0 Å². The predicted octanol–water partition coefficient (Wildman–Crippen LogP) is 3.99. The van der Waals surface area contributed by atoms with Crippen molar-refractivity contribution in [3.63, 3.8) is 0 Å². The van der Waals surface area contributed by atoms with Gasteiger partial charge in [0.2, 0.25) is 0 Å². The summed E-state index contributed by atoms with van der Waals surface area (Å²) in [6.45, 7) is 6.67. The van der Waals surface area contributed by atoms with Gasteiger partial charge in [-0.05, 0) is 50.5 Å². The Morgan fingerprint density at radius 2 is 1.85 bits per heavy atom. The summed E-state index contributed by atoms with van der Waals surface area (Å²) in [5.41, 5.74) is 5.31. The highest BCUT2D eigenvalue weighted by atomic mass is 35.5. The number of rotatable bonds is 6. The minimum absolute atomic E-state index is 0.342. The zero-order valence-electron chi connectivity index (χ0n) is 19.5. The molecule has 1 aromatic carbocycles. The van der Waals surface area contributed by atoms with Crippen molar-refractivity contribution in [2.24, 2.45) is 4.99 Å². The van der Waals surface area contributed by atoms with Crippen LogP contribution in [0.25, 0.3) is 16.6 Å². The van der Waals surface area contributed by atoms with E-state index in [2.05, 4.69) is 44.8 Å². The number of hydrogen-bond acceptors (Lipinski definition) is 6. The Labute approximate surface area is 204 Å². The molecule has 0 N–H and O–H groups in total. The summed E-state index contributed by atoms with van der Waals surface area (Å²) in [6, 6.07) is 10.5. The average Bonchev–Trinajstić information content (AvgIpc) is 3.33. The Morgan fingerprint density at radius 3 is 2.65 bits per heavy atom. The van der Waals surface area contributed by atoms with Crippen LogP contribution in [0.1, 0.15) is 11.3 Å². The van der Waals surface area contributed by atoms with Crippen molar-refractivity contribution in [2.75, 3.05) is 64.8 Å². The van der Waals surface area contributed by atoms with Crippen LogP contribution in [0.5, 0.6) is 0 Å². The van der Waals surface area contributed by atoms with Crippen LogP contribution in [0.2, 0.25) is 5.02 Å². The van der Waals surface area contributed by atoms with Crippen molar-refractivity contribution >= 4 is 39.6 Å². The molecule has 0 atom stereocenters. The fraction of sp³-hybridized carbons (Fsp3) is 0.346. The number of hydrogen-bond donors (Lipinski definition) is 0. The Balaban J connectivity index is 1.37. The van der Waals surface area contributed by atoms with Gasteiger partial charge < -0.3 is 9.80 Å². The third-order valence-corrected chi connectivity index (χ3v) is 6.62. The minimum Gasteiger partial charge on any atom is -0.368 e. The van der Waals surface area contributed by atoms with E-state index in [1.165, 1.54) is 6.07 Å². The molecule has 1 fully saturated rings. The van der Waals surface area contributed by atoms with E-state index in [-0.39, 0.29) is 5.82 Å². The second-order valence-electron chi connectivity index (χ2n) is 8.99. The van der Waals surface area contributed by atoms with E-state index in [9.17, 15) is 4.39 Å². The average molecular weight is 479 g/mol. The van der Waals surface area contributed by atoms with Gasteiger partial charge in [-0.25, -0.2) is 9.37 Å². The summed E-state index contributed by atoms with van der Waals surface area (Å²) in [5.74, 6) is -0.342. The lowest BCUT2D eigenvalue weighted by atomic mass is 9.99. The third kappa shape index (κ3) is 4.82. The zero-order chi connectivity index (χ0) is 23.7. The van der Waals surface area contributed by atoms with Crippen molar-refractivity contribution in [2.45, 2.75) is 0 Å². The summed E-state index contributed by atoms with van der Waals surface area (Å²) >= 11 is 6.12. The van der Waals surface area contributed by atoms with Crippen LogP contribution in [0.4, 0.5) is 10.1 Å². The smallest absolute Gasteiger partial charge is 0.132 e. The Bertz CT molecular complexity index is 1260. The maximum absolute atomic E-state index is 14.5. The largest absolute Gasteiger partial charge is 0.368 e. The highest BCUT2D eigenvalue weighted by Gasteiger charge is 2.22. The normalized spacial score (nSPS) is 16.9. The van der Waals surface area contributed by atoms with Crippen LogP contribution >= 0.6 is 11.6 Å². The molecule has 1 saturated heterocycles. The standard InChI is InChI=1S/C26H28ClFN6/c1-32(2)9-10-33-11-13-34(14-12-33)19-16-25-24(30-17-19)6-5-23(31-25)20-7-8-29-26(20)21-15-18(27)3-4-22(21)28/h3-7,15-17H,8-14H2,1-2H3. The molecule has 2 aliphatic rings. The molecule has 0 radical (unpaired) electrons. The molecule has 6 nitrogen and oxygen atoms in total. The molecule has 176 valence electrons. The molecular formula is C26H28ClFN6. The Kier molecular flexibility index (Phi) is 6.59. The molecule has 8 heteroatoms. The van der Waals surface area contributed by atoms with E-state index in [1.807, 2.05) is 24.4 Å². The van der Waals surface area contributed by atoms with Gasteiger partial charge in [-0.15, -0.1) is 0 Å². The van der Waals surface area contributed by atoms with E-state index in [0.29, 0.717) is 22.8 Å². The number of nitrogens with zero attached hydrogens (tertiary/aromatic N) is 6. The molecule has 4 heterocycles. The first-order valence-corrected chi connectivity index (χ1v) is 12.0. The van der Waals surface area contributed by atoms with Gasteiger partial charge in [-0.3, -0.25) is 14.9 Å². The molecule has 0 amide bonds. The number of aromatic nitrogens is 2. The third-order valence-electron chi connectivity index (χ3n) is 6.38. The molecule has 0 aliphatic carbocycles. The van der Waals surface area contributed by atoms with E-state index in [0.717, 1.165) is 67.3 Å². The first-order valence-electron chi connectivity index (χ1n) is 11.6. The molecule has 3 aromatic rings. The van der Waals surface area contributed by atoms with Crippen LogP contribution in [0.3, 0.4) is 0 Å². The van der Waals surface area contributed by atoms with Gasteiger partial charge in [0.25, 0.3) is 0 Å². The predicted molar refractivity (Wildman–Crippen MR) is 138 cm³/mol. The van der Waals surface area contributed by atoms with E-state index >= 15 is 0 Å². The van der Waals surface area contributed by atoms with Crippen molar-refractivity contribution in [1.29, 1.82) is 0 Å². The highest BCUT2D eigenvalue weighted by molar-refractivity contribution is 6.35. The van der Waals surface area contributed by atoms with Crippen molar-refractivity contribution < 1.29 is 4.39 Å². The number of allylic oxidation sites excluding steroid dienone is 1.